The third-order valence-electron chi connectivity index (χ3n) is 2.80. The van der Waals surface area contributed by atoms with Crippen LogP contribution < -0.4 is 0 Å². The molecule has 1 unspecified atom stereocenters. The summed E-state index contributed by atoms with van der Waals surface area (Å²) in [4.78, 5) is -0.280. The Kier molecular flexibility index (Phi) is 4.84. The van der Waals surface area contributed by atoms with Crippen LogP contribution in [0, 0.1) is 23.4 Å². The van der Waals surface area contributed by atoms with Gasteiger partial charge in [0.2, 0.25) is 0 Å². The van der Waals surface area contributed by atoms with E-state index in [9.17, 15) is 13.2 Å². The first-order valence-corrected chi connectivity index (χ1v) is 6.21. The molecule has 0 aliphatic rings. The predicted octanol–water partition coefficient (Wildman–Crippen LogP) is 4.98. The Bertz CT molecular complexity index is 362. The molecule has 0 heterocycles. The summed E-state index contributed by atoms with van der Waals surface area (Å²) in [6.45, 7) is 3.97. The van der Waals surface area contributed by atoms with Crippen LogP contribution in [0.2, 0.25) is 0 Å². The fourth-order valence-electron chi connectivity index (χ4n) is 1.71. The molecule has 0 fully saturated rings. The molecule has 0 aromatic heterocycles. The van der Waals surface area contributed by atoms with E-state index in [1.54, 1.807) is 0 Å². The minimum atomic E-state index is -1.15. The molecular weight excluding hydrogens is 281 g/mol. The molecule has 1 aromatic carbocycles. The summed E-state index contributed by atoms with van der Waals surface area (Å²) in [5.74, 6) is -2.65. The van der Waals surface area contributed by atoms with Crippen LogP contribution in [-0.2, 0) is 0 Å². The van der Waals surface area contributed by atoms with Gasteiger partial charge in [0, 0.05) is 16.5 Å². The van der Waals surface area contributed by atoms with E-state index in [0.29, 0.717) is 6.07 Å². The molecule has 4 heteroatoms. The van der Waals surface area contributed by atoms with Crippen LogP contribution in [0.15, 0.2) is 12.1 Å². The normalized spacial score (nSPS) is 13.2. The van der Waals surface area contributed by atoms with Crippen molar-refractivity contribution in [2.75, 3.05) is 0 Å². The lowest BCUT2D eigenvalue weighted by molar-refractivity contribution is 0.456. The molecule has 90 valence electrons. The smallest absolute Gasteiger partial charge is 0.161 e. The Morgan fingerprint density at radius 2 is 1.50 bits per heavy atom. The second kappa shape index (κ2) is 5.71. The maximum absolute atomic E-state index is 13.5. The van der Waals surface area contributed by atoms with Gasteiger partial charge >= 0.3 is 0 Å². The third kappa shape index (κ3) is 2.78. The van der Waals surface area contributed by atoms with Crippen molar-refractivity contribution in [2.45, 2.75) is 31.5 Å². The Hall–Kier alpha value is -0.510. The van der Waals surface area contributed by atoms with Gasteiger partial charge in [0.25, 0.3) is 0 Å². The lowest BCUT2D eigenvalue weighted by Crippen LogP contribution is -2.08. The second-order valence-electron chi connectivity index (χ2n) is 3.77. The first-order chi connectivity index (χ1) is 7.51. The highest BCUT2D eigenvalue weighted by Crippen LogP contribution is 2.36. The van der Waals surface area contributed by atoms with Crippen molar-refractivity contribution in [3.8, 4) is 0 Å². The van der Waals surface area contributed by atoms with Crippen LogP contribution in [0.3, 0.4) is 0 Å². The van der Waals surface area contributed by atoms with Crippen LogP contribution in [0.4, 0.5) is 13.2 Å². The Morgan fingerprint density at radius 1 is 1.00 bits per heavy atom. The van der Waals surface area contributed by atoms with E-state index >= 15 is 0 Å². The molecule has 1 rings (SSSR count). The highest BCUT2D eigenvalue weighted by atomic mass is 79.9. The van der Waals surface area contributed by atoms with E-state index in [0.717, 1.165) is 18.9 Å². The van der Waals surface area contributed by atoms with E-state index in [1.807, 2.05) is 13.8 Å². The largest absolute Gasteiger partial charge is 0.207 e. The SMILES string of the molecule is CCC(CC)C(Br)c1cc(F)c(F)cc1F. The summed E-state index contributed by atoms with van der Waals surface area (Å²) in [5, 5.41) is 0. The number of alkyl halides is 1. The van der Waals surface area contributed by atoms with Gasteiger partial charge in [0.15, 0.2) is 11.6 Å². The van der Waals surface area contributed by atoms with Crippen molar-refractivity contribution >= 4 is 15.9 Å². The molecule has 0 saturated heterocycles. The van der Waals surface area contributed by atoms with E-state index in [2.05, 4.69) is 15.9 Å². The first-order valence-electron chi connectivity index (χ1n) is 5.29. The molecule has 0 saturated carbocycles. The standard InChI is InChI=1S/C12H14BrF3/c1-3-7(4-2)12(13)8-5-10(15)11(16)6-9(8)14/h5-7,12H,3-4H2,1-2H3. The Morgan fingerprint density at radius 3 is 2.00 bits per heavy atom. The van der Waals surface area contributed by atoms with E-state index in [4.69, 9.17) is 0 Å². The maximum atomic E-state index is 13.5. The number of rotatable bonds is 4. The van der Waals surface area contributed by atoms with Crippen molar-refractivity contribution < 1.29 is 13.2 Å². The average Bonchev–Trinajstić information content (AvgIpc) is 2.25. The monoisotopic (exact) mass is 294 g/mol. The summed E-state index contributed by atoms with van der Waals surface area (Å²) >= 11 is 3.35. The van der Waals surface area contributed by atoms with Crippen molar-refractivity contribution in [3.63, 3.8) is 0 Å². The molecule has 1 atom stereocenters. The summed E-state index contributed by atoms with van der Waals surface area (Å²) in [7, 11) is 0. The number of benzene rings is 1. The zero-order valence-electron chi connectivity index (χ0n) is 9.24. The highest BCUT2D eigenvalue weighted by molar-refractivity contribution is 9.09. The predicted molar refractivity (Wildman–Crippen MR) is 62.1 cm³/mol. The quantitative estimate of drug-likeness (QED) is 0.543. The zero-order valence-corrected chi connectivity index (χ0v) is 10.8. The topological polar surface area (TPSA) is 0 Å². The number of halogens is 4. The van der Waals surface area contributed by atoms with Gasteiger partial charge in [0.05, 0.1) is 0 Å². The van der Waals surface area contributed by atoms with Crippen molar-refractivity contribution in [2.24, 2.45) is 5.92 Å². The van der Waals surface area contributed by atoms with E-state index in [-0.39, 0.29) is 16.3 Å². The molecule has 1 aromatic rings. The van der Waals surface area contributed by atoms with Crippen LogP contribution in [-0.4, -0.2) is 0 Å². The first kappa shape index (κ1) is 13.6. The molecule has 0 aliphatic carbocycles. The second-order valence-corrected chi connectivity index (χ2v) is 4.75. The maximum Gasteiger partial charge on any atom is 0.161 e. The highest BCUT2D eigenvalue weighted by Gasteiger charge is 2.22. The third-order valence-corrected chi connectivity index (χ3v) is 4.04. The summed E-state index contributed by atoms with van der Waals surface area (Å²) in [6.07, 6.45) is 1.70. The van der Waals surface area contributed by atoms with Crippen LogP contribution in [0.5, 0.6) is 0 Å². The van der Waals surface area contributed by atoms with Gasteiger partial charge in [-0.05, 0) is 12.0 Å². The minimum Gasteiger partial charge on any atom is -0.207 e. The van der Waals surface area contributed by atoms with Gasteiger partial charge in [-0.25, -0.2) is 13.2 Å². The fraction of sp³-hybridized carbons (Fsp3) is 0.500. The molecule has 0 aliphatic heterocycles. The molecule has 0 N–H and O–H groups in total. The lowest BCUT2D eigenvalue weighted by Gasteiger charge is -2.20. The Balaban J connectivity index is 3.07. The molecule has 0 bridgehead atoms. The molecule has 0 spiro atoms. The van der Waals surface area contributed by atoms with Crippen molar-refractivity contribution in [1.82, 2.24) is 0 Å². The van der Waals surface area contributed by atoms with Crippen LogP contribution in [0.1, 0.15) is 37.1 Å². The lowest BCUT2D eigenvalue weighted by atomic mass is 9.94. The van der Waals surface area contributed by atoms with Gasteiger partial charge in [-0.3, -0.25) is 0 Å². The molecule has 16 heavy (non-hydrogen) atoms. The summed E-state index contributed by atoms with van der Waals surface area (Å²) in [5.41, 5.74) is 0.188. The van der Waals surface area contributed by atoms with E-state index in [1.165, 1.54) is 0 Å². The van der Waals surface area contributed by atoms with Gasteiger partial charge in [-0.15, -0.1) is 0 Å². The van der Waals surface area contributed by atoms with Crippen molar-refractivity contribution in [1.29, 1.82) is 0 Å². The number of hydrogen-bond donors (Lipinski definition) is 0. The minimum absolute atomic E-state index is 0.188. The van der Waals surface area contributed by atoms with Gasteiger partial charge in [-0.1, -0.05) is 42.6 Å². The zero-order chi connectivity index (χ0) is 12.3. The number of hydrogen-bond acceptors (Lipinski definition) is 0. The fourth-order valence-corrected chi connectivity index (χ4v) is 2.80. The van der Waals surface area contributed by atoms with Gasteiger partial charge in [-0.2, -0.15) is 0 Å². The molecule has 0 nitrogen and oxygen atoms in total. The average molecular weight is 295 g/mol. The molecule has 0 amide bonds. The molecular formula is C12H14BrF3. The summed E-state index contributed by atoms with van der Waals surface area (Å²) < 4.78 is 39.3. The summed E-state index contributed by atoms with van der Waals surface area (Å²) in [6, 6.07) is 1.53. The van der Waals surface area contributed by atoms with Crippen LogP contribution >= 0.6 is 15.9 Å². The molecule has 0 radical (unpaired) electrons. The van der Waals surface area contributed by atoms with Crippen molar-refractivity contribution in [3.05, 3.63) is 35.1 Å². The van der Waals surface area contributed by atoms with Crippen LogP contribution in [0.25, 0.3) is 0 Å². The van der Waals surface area contributed by atoms with Gasteiger partial charge in [0.1, 0.15) is 5.82 Å². The van der Waals surface area contributed by atoms with E-state index < -0.39 is 17.5 Å². The Labute approximate surface area is 102 Å². The van der Waals surface area contributed by atoms with Gasteiger partial charge < -0.3 is 0 Å².